The van der Waals surface area contributed by atoms with E-state index in [1.807, 2.05) is 24.3 Å². The summed E-state index contributed by atoms with van der Waals surface area (Å²) in [6.07, 6.45) is 9.15. The third kappa shape index (κ3) is 6.70. The number of aliphatic imine (C=N–C) groups is 2. The molecular formula is C31H34FN5O2. The Balaban J connectivity index is 1.33. The first-order chi connectivity index (χ1) is 19.1. The number of ether oxygens (including phenoxy) is 1. The van der Waals surface area contributed by atoms with Gasteiger partial charge in [-0.25, -0.2) is 9.38 Å². The number of hydrogen-bond donors (Lipinski definition) is 1. The number of allylic oxidation sites excluding steroid dienone is 1. The molecule has 3 aromatic rings. The van der Waals surface area contributed by atoms with E-state index in [2.05, 4.69) is 31.8 Å². The van der Waals surface area contributed by atoms with Gasteiger partial charge < -0.3 is 15.0 Å². The van der Waals surface area contributed by atoms with Crippen LogP contribution in [0, 0.1) is 5.82 Å². The van der Waals surface area contributed by atoms with Crippen LogP contribution in [0.5, 0.6) is 5.75 Å². The number of carbonyl (C=O) groups is 1. The van der Waals surface area contributed by atoms with Crippen LogP contribution in [0.1, 0.15) is 42.5 Å². The molecule has 0 radical (unpaired) electrons. The SMILES string of the molecule is C=N/C(=C\C=N/CN1CCCC1)Oc1ccc(NC(=O)c2cc(F)cc(N3CCCCC3)c2)c2ccccc12. The summed E-state index contributed by atoms with van der Waals surface area (Å²) in [6, 6.07) is 15.7. The van der Waals surface area contributed by atoms with Gasteiger partial charge in [-0.1, -0.05) is 24.3 Å². The first-order valence-electron chi connectivity index (χ1n) is 13.6. The molecule has 0 unspecified atom stereocenters. The van der Waals surface area contributed by atoms with Crippen LogP contribution in [0.3, 0.4) is 0 Å². The Morgan fingerprint density at radius 2 is 1.72 bits per heavy atom. The molecule has 1 amide bonds. The predicted molar refractivity (Wildman–Crippen MR) is 157 cm³/mol. The Hall–Kier alpha value is -4.04. The maximum atomic E-state index is 14.5. The molecule has 5 rings (SSSR count). The van der Waals surface area contributed by atoms with E-state index >= 15 is 0 Å². The molecule has 1 N–H and O–H groups in total. The molecule has 7 nitrogen and oxygen atoms in total. The Labute approximate surface area is 228 Å². The van der Waals surface area contributed by atoms with Gasteiger partial charge in [0.05, 0.1) is 6.67 Å². The smallest absolute Gasteiger partial charge is 0.255 e. The van der Waals surface area contributed by atoms with Gasteiger partial charge in [-0.3, -0.25) is 14.7 Å². The minimum atomic E-state index is -0.419. The average Bonchev–Trinajstić information content (AvgIpc) is 3.49. The molecule has 0 bridgehead atoms. The highest BCUT2D eigenvalue weighted by atomic mass is 19.1. The molecule has 2 saturated heterocycles. The van der Waals surface area contributed by atoms with Crippen molar-refractivity contribution < 1.29 is 13.9 Å². The van der Waals surface area contributed by atoms with E-state index in [1.165, 1.54) is 31.4 Å². The van der Waals surface area contributed by atoms with Gasteiger partial charge in [0.25, 0.3) is 5.91 Å². The van der Waals surface area contributed by atoms with Gasteiger partial charge in [-0.15, -0.1) is 0 Å². The Bertz CT molecular complexity index is 1390. The van der Waals surface area contributed by atoms with Gasteiger partial charge >= 0.3 is 0 Å². The van der Waals surface area contributed by atoms with E-state index in [9.17, 15) is 9.18 Å². The second kappa shape index (κ2) is 12.7. The highest BCUT2D eigenvalue weighted by Crippen LogP contribution is 2.33. The number of anilines is 2. The van der Waals surface area contributed by atoms with Gasteiger partial charge in [-0.05, 0) is 82.2 Å². The topological polar surface area (TPSA) is 69.5 Å². The van der Waals surface area contributed by atoms with E-state index < -0.39 is 5.82 Å². The van der Waals surface area contributed by atoms with E-state index in [0.29, 0.717) is 24.0 Å². The first kappa shape index (κ1) is 26.6. The number of fused-ring (bicyclic) bond motifs is 1. The summed E-state index contributed by atoms with van der Waals surface area (Å²) in [7, 11) is 0. The predicted octanol–water partition coefficient (Wildman–Crippen LogP) is 6.27. The number of nitrogens with one attached hydrogen (secondary N) is 1. The maximum absolute atomic E-state index is 14.5. The number of benzene rings is 3. The summed E-state index contributed by atoms with van der Waals surface area (Å²) in [6.45, 7) is 8.19. The van der Waals surface area contributed by atoms with Crippen LogP contribution in [0.25, 0.3) is 10.8 Å². The largest absolute Gasteiger partial charge is 0.438 e. The molecule has 2 aliphatic rings. The molecule has 3 aromatic carbocycles. The van der Waals surface area contributed by atoms with Crippen molar-refractivity contribution in [2.45, 2.75) is 32.1 Å². The van der Waals surface area contributed by atoms with Crippen molar-refractivity contribution >= 4 is 41.0 Å². The van der Waals surface area contributed by atoms with Crippen LogP contribution in [0.2, 0.25) is 0 Å². The van der Waals surface area contributed by atoms with E-state index in [-0.39, 0.29) is 11.5 Å². The summed E-state index contributed by atoms with van der Waals surface area (Å²) in [5.41, 5.74) is 1.64. The molecule has 39 heavy (non-hydrogen) atoms. The fraction of sp³-hybridized carbons (Fsp3) is 0.323. The molecular weight excluding hydrogens is 493 g/mol. The van der Waals surface area contributed by atoms with Gasteiger partial charge in [-0.2, -0.15) is 0 Å². The lowest BCUT2D eigenvalue weighted by atomic mass is 10.1. The second-order valence-corrected chi connectivity index (χ2v) is 9.92. The zero-order valence-electron chi connectivity index (χ0n) is 22.1. The molecule has 0 atom stereocenters. The third-order valence-corrected chi connectivity index (χ3v) is 7.17. The lowest BCUT2D eigenvalue weighted by Gasteiger charge is -2.29. The highest BCUT2D eigenvalue weighted by molar-refractivity contribution is 6.10. The van der Waals surface area contributed by atoms with E-state index in [4.69, 9.17) is 4.74 Å². The van der Waals surface area contributed by atoms with Crippen molar-refractivity contribution in [1.82, 2.24) is 4.90 Å². The van der Waals surface area contributed by atoms with Crippen molar-refractivity contribution in [3.05, 3.63) is 77.9 Å². The van der Waals surface area contributed by atoms with Crippen molar-refractivity contribution in [2.75, 3.05) is 43.1 Å². The van der Waals surface area contributed by atoms with Gasteiger partial charge in [0.15, 0.2) is 0 Å². The van der Waals surface area contributed by atoms with Crippen LogP contribution in [-0.2, 0) is 0 Å². The standard InChI is InChI=1S/C31H34FN5O2/c1-33-30(13-14-34-22-36-15-7-8-16-36)39-29-12-11-28(26-9-3-4-10-27(26)29)35-31(38)23-19-24(32)21-25(20-23)37-17-5-2-6-18-37/h3-4,9-14,19-21H,1-2,5-8,15-18,22H2,(H,35,38)/b30-13+,34-14-. The molecule has 0 saturated carbocycles. The molecule has 202 valence electrons. The summed E-state index contributed by atoms with van der Waals surface area (Å²) >= 11 is 0. The molecule has 2 fully saturated rings. The lowest BCUT2D eigenvalue weighted by Crippen LogP contribution is -2.29. The summed E-state index contributed by atoms with van der Waals surface area (Å²) < 4.78 is 20.5. The van der Waals surface area contributed by atoms with Crippen LogP contribution in [0.4, 0.5) is 15.8 Å². The Morgan fingerprint density at radius 3 is 2.49 bits per heavy atom. The Kier molecular flexibility index (Phi) is 8.63. The number of nitrogens with zero attached hydrogens (tertiary/aromatic N) is 4. The normalized spacial score (nSPS) is 16.6. The molecule has 0 aromatic heterocycles. The number of halogens is 1. The number of carbonyl (C=O) groups excluding carboxylic acids is 1. The van der Waals surface area contributed by atoms with Gasteiger partial charge in [0, 0.05) is 53.1 Å². The first-order valence-corrected chi connectivity index (χ1v) is 13.6. The van der Waals surface area contributed by atoms with Crippen molar-refractivity contribution in [2.24, 2.45) is 9.98 Å². The van der Waals surface area contributed by atoms with Gasteiger partial charge in [0.2, 0.25) is 5.88 Å². The fourth-order valence-corrected chi connectivity index (χ4v) is 5.14. The number of piperidine rings is 1. The summed E-state index contributed by atoms with van der Waals surface area (Å²) in [5.74, 6) is 0.117. The average molecular weight is 528 g/mol. The number of likely N-dealkylation sites (tertiary alicyclic amines) is 1. The van der Waals surface area contributed by atoms with Crippen LogP contribution < -0.4 is 15.0 Å². The van der Waals surface area contributed by atoms with E-state index in [1.54, 1.807) is 30.5 Å². The molecule has 8 heteroatoms. The molecule has 2 heterocycles. The molecule has 0 aliphatic carbocycles. The maximum Gasteiger partial charge on any atom is 0.255 e. The fourth-order valence-electron chi connectivity index (χ4n) is 5.14. The van der Waals surface area contributed by atoms with Crippen LogP contribution in [0.15, 0.2) is 76.5 Å². The molecule has 0 spiro atoms. The van der Waals surface area contributed by atoms with Crippen LogP contribution in [-0.4, -0.2) is 56.6 Å². The quantitative estimate of drug-likeness (QED) is 0.263. The number of hydrogen-bond acceptors (Lipinski definition) is 6. The Morgan fingerprint density at radius 1 is 0.974 bits per heavy atom. The molecule has 2 aliphatic heterocycles. The van der Waals surface area contributed by atoms with E-state index in [0.717, 1.165) is 55.5 Å². The zero-order chi connectivity index (χ0) is 27.0. The van der Waals surface area contributed by atoms with Crippen LogP contribution >= 0.6 is 0 Å². The zero-order valence-corrected chi connectivity index (χ0v) is 22.1. The number of rotatable bonds is 9. The minimum Gasteiger partial charge on any atom is -0.438 e. The highest BCUT2D eigenvalue weighted by Gasteiger charge is 2.17. The monoisotopic (exact) mass is 527 g/mol. The van der Waals surface area contributed by atoms with Gasteiger partial charge in [0.1, 0.15) is 11.6 Å². The van der Waals surface area contributed by atoms with Crippen molar-refractivity contribution in [3.63, 3.8) is 0 Å². The third-order valence-electron chi connectivity index (χ3n) is 7.17. The van der Waals surface area contributed by atoms with Crippen molar-refractivity contribution in [3.8, 4) is 5.75 Å². The second-order valence-electron chi connectivity index (χ2n) is 9.92. The minimum absolute atomic E-state index is 0.286. The summed E-state index contributed by atoms with van der Waals surface area (Å²) in [5, 5.41) is 4.56. The number of amides is 1. The van der Waals surface area contributed by atoms with Crippen molar-refractivity contribution in [1.29, 1.82) is 0 Å². The summed E-state index contributed by atoms with van der Waals surface area (Å²) in [4.78, 5) is 26.1. The lowest BCUT2D eigenvalue weighted by molar-refractivity contribution is 0.102.